The Bertz CT molecular complexity index is 835. The first kappa shape index (κ1) is 18.8. The Morgan fingerprint density at radius 3 is 2.78 bits per heavy atom. The van der Waals surface area contributed by atoms with Gasteiger partial charge in [-0.05, 0) is 55.8 Å². The van der Waals surface area contributed by atoms with Crippen LogP contribution in [0.25, 0.3) is 0 Å². The van der Waals surface area contributed by atoms with Crippen LogP contribution in [-0.2, 0) is 4.79 Å². The minimum atomic E-state index is -0.490. The molecule has 6 nitrogen and oxygen atoms in total. The van der Waals surface area contributed by atoms with Gasteiger partial charge in [0.05, 0.1) is 12.8 Å². The summed E-state index contributed by atoms with van der Waals surface area (Å²) in [4.78, 5) is 24.6. The molecule has 0 spiro atoms. The first-order valence-corrected chi connectivity index (χ1v) is 8.83. The lowest BCUT2D eigenvalue weighted by atomic mass is 10.1. The van der Waals surface area contributed by atoms with Gasteiger partial charge in [-0.2, -0.15) is 0 Å². The average Bonchev–Trinajstić information content (AvgIpc) is 3.14. The summed E-state index contributed by atoms with van der Waals surface area (Å²) < 4.78 is 18.6. The van der Waals surface area contributed by atoms with Crippen molar-refractivity contribution in [3.05, 3.63) is 53.8 Å². The van der Waals surface area contributed by atoms with Gasteiger partial charge in [0.1, 0.15) is 11.6 Å². The lowest BCUT2D eigenvalue weighted by molar-refractivity contribution is -0.116. The lowest BCUT2D eigenvalue weighted by Crippen LogP contribution is -2.27. The van der Waals surface area contributed by atoms with Gasteiger partial charge in [0.15, 0.2) is 0 Å². The number of nitrogens with one attached hydrogen (secondary N) is 3. The largest absolute Gasteiger partial charge is 0.495 e. The van der Waals surface area contributed by atoms with Gasteiger partial charge in [-0.1, -0.05) is 6.07 Å². The van der Waals surface area contributed by atoms with Crippen molar-refractivity contribution in [3.63, 3.8) is 0 Å². The summed E-state index contributed by atoms with van der Waals surface area (Å²) in [5.41, 5.74) is 1.13. The number of hydrogen-bond acceptors (Lipinski definition) is 4. The maximum atomic E-state index is 13.3. The van der Waals surface area contributed by atoms with Crippen LogP contribution >= 0.6 is 0 Å². The Balaban J connectivity index is 1.71. The van der Waals surface area contributed by atoms with Crippen molar-refractivity contribution in [2.75, 3.05) is 24.3 Å². The fourth-order valence-electron chi connectivity index (χ4n) is 3.07. The van der Waals surface area contributed by atoms with E-state index in [1.165, 1.54) is 25.3 Å². The van der Waals surface area contributed by atoms with Crippen LogP contribution in [-0.4, -0.2) is 31.5 Å². The summed E-state index contributed by atoms with van der Waals surface area (Å²) in [6, 6.07) is 10.6. The molecular weight excluding hydrogens is 349 g/mol. The Morgan fingerprint density at radius 1 is 1.22 bits per heavy atom. The zero-order valence-corrected chi connectivity index (χ0v) is 15.0. The van der Waals surface area contributed by atoms with E-state index in [2.05, 4.69) is 16.0 Å². The summed E-state index contributed by atoms with van der Waals surface area (Å²) in [5.74, 6) is -0.611. The minimum Gasteiger partial charge on any atom is -0.495 e. The first-order chi connectivity index (χ1) is 13.0. The molecule has 7 heteroatoms. The normalized spacial score (nSPS) is 16.0. The monoisotopic (exact) mass is 371 g/mol. The number of amides is 2. The molecule has 142 valence electrons. The third-order valence-corrected chi connectivity index (χ3v) is 4.41. The third kappa shape index (κ3) is 5.04. The topological polar surface area (TPSA) is 79.5 Å². The molecular formula is C20H22FN3O3. The van der Waals surface area contributed by atoms with E-state index >= 15 is 0 Å². The van der Waals surface area contributed by atoms with E-state index in [0.29, 0.717) is 23.5 Å². The second kappa shape index (κ2) is 8.64. The van der Waals surface area contributed by atoms with Gasteiger partial charge in [-0.3, -0.25) is 9.59 Å². The summed E-state index contributed by atoms with van der Waals surface area (Å²) in [7, 11) is 1.48. The van der Waals surface area contributed by atoms with Gasteiger partial charge in [0.2, 0.25) is 5.91 Å². The van der Waals surface area contributed by atoms with Gasteiger partial charge in [0.25, 0.3) is 5.91 Å². The molecule has 1 aliphatic heterocycles. The average molecular weight is 371 g/mol. The molecule has 1 heterocycles. The van der Waals surface area contributed by atoms with Gasteiger partial charge < -0.3 is 20.7 Å². The van der Waals surface area contributed by atoms with E-state index in [0.717, 1.165) is 25.5 Å². The highest BCUT2D eigenvalue weighted by molar-refractivity contribution is 6.05. The number of ether oxygens (including phenoxy) is 1. The summed E-state index contributed by atoms with van der Waals surface area (Å²) in [6.07, 6.45) is 2.47. The quantitative estimate of drug-likeness (QED) is 0.729. The maximum Gasteiger partial charge on any atom is 0.255 e. The molecule has 0 aromatic heterocycles. The lowest BCUT2D eigenvalue weighted by Gasteiger charge is -2.14. The highest BCUT2D eigenvalue weighted by Crippen LogP contribution is 2.28. The van der Waals surface area contributed by atoms with Crippen molar-refractivity contribution in [3.8, 4) is 5.75 Å². The molecule has 27 heavy (non-hydrogen) atoms. The number of carbonyl (C=O) groups is 2. The van der Waals surface area contributed by atoms with Gasteiger partial charge in [0, 0.05) is 23.7 Å². The zero-order chi connectivity index (χ0) is 19.2. The van der Waals surface area contributed by atoms with Crippen LogP contribution < -0.4 is 20.7 Å². The second-order valence-electron chi connectivity index (χ2n) is 6.43. The molecule has 2 amide bonds. The molecule has 0 saturated carbocycles. The van der Waals surface area contributed by atoms with Gasteiger partial charge in [-0.25, -0.2) is 4.39 Å². The van der Waals surface area contributed by atoms with E-state index in [-0.39, 0.29) is 17.5 Å². The molecule has 3 N–H and O–H groups in total. The van der Waals surface area contributed by atoms with Crippen molar-refractivity contribution in [2.24, 2.45) is 0 Å². The SMILES string of the molecule is COc1ccc(NC(=O)CC2CCCN2)cc1NC(=O)c1cccc(F)c1. The first-order valence-electron chi connectivity index (χ1n) is 8.83. The number of rotatable bonds is 6. The van der Waals surface area contributed by atoms with Crippen LogP contribution in [0.15, 0.2) is 42.5 Å². The molecule has 0 radical (unpaired) electrons. The smallest absolute Gasteiger partial charge is 0.255 e. The minimum absolute atomic E-state index is 0.0954. The molecule has 0 bridgehead atoms. The highest BCUT2D eigenvalue weighted by Gasteiger charge is 2.18. The van der Waals surface area contributed by atoms with Crippen LogP contribution in [0.5, 0.6) is 5.75 Å². The summed E-state index contributed by atoms with van der Waals surface area (Å²) in [5, 5.41) is 8.82. The van der Waals surface area contributed by atoms with Gasteiger partial charge >= 0.3 is 0 Å². The number of anilines is 2. The Kier molecular flexibility index (Phi) is 6.03. The van der Waals surface area contributed by atoms with Crippen LogP contribution in [0.1, 0.15) is 29.6 Å². The number of halogens is 1. The number of hydrogen-bond donors (Lipinski definition) is 3. The fraction of sp³-hybridized carbons (Fsp3) is 0.300. The molecule has 1 saturated heterocycles. The van der Waals surface area contributed by atoms with Crippen LogP contribution in [0.3, 0.4) is 0 Å². The maximum absolute atomic E-state index is 13.3. The number of benzene rings is 2. The predicted molar refractivity (Wildman–Crippen MR) is 102 cm³/mol. The standard InChI is InChI=1S/C20H22FN3O3/c1-27-18-8-7-16(23-19(25)12-15-6-3-9-22-15)11-17(18)24-20(26)13-4-2-5-14(21)10-13/h2,4-5,7-8,10-11,15,22H,3,6,9,12H2,1H3,(H,23,25)(H,24,26). The van der Waals surface area contributed by atoms with E-state index in [1.807, 2.05) is 0 Å². The summed E-state index contributed by atoms with van der Waals surface area (Å²) in [6.45, 7) is 0.941. The van der Waals surface area contributed by atoms with Crippen LogP contribution in [0, 0.1) is 5.82 Å². The van der Waals surface area contributed by atoms with E-state index in [1.54, 1.807) is 18.2 Å². The van der Waals surface area contributed by atoms with Crippen LogP contribution in [0.4, 0.5) is 15.8 Å². The third-order valence-electron chi connectivity index (χ3n) is 4.41. The second-order valence-corrected chi connectivity index (χ2v) is 6.43. The Morgan fingerprint density at radius 2 is 2.07 bits per heavy atom. The molecule has 1 unspecified atom stereocenters. The molecule has 1 atom stereocenters. The van der Waals surface area contributed by atoms with Crippen molar-refractivity contribution in [1.29, 1.82) is 0 Å². The molecule has 1 aliphatic rings. The molecule has 1 fully saturated rings. The van der Waals surface area contributed by atoms with Gasteiger partial charge in [-0.15, -0.1) is 0 Å². The van der Waals surface area contributed by atoms with E-state index in [9.17, 15) is 14.0 Å². The van der Waals surface area contributed by atoms with Crippen molar-refractivity contribution >= 4 is 23.2 Å². The number of methoxy groups -OCH3 is 1. The zero-order valence-electron chi connectivity index (χ0n) is 15.0. The molecule has 3 rings (SSSR count). The van der Waals surface area contributed by atoms with Crippen molar-refractivity contribution in [1.82, 2.24) is 5.32 Å². The highest BCUT2D eigenvalue weighted by atomic mass is 19.1. The molecule has 2 aromatic carbocycles. The van der Waals surface area contributed by atoms with Crippen molar-refractivity contribution < 1.29 is 18.7 Å². The Hall–Kier alpha value is -2.93. The van der Waals surface area contributed by atoms with E-state index in [4.69, 9.17) is 4.74 Å². The summed E-state index contributed by atoms with van der Waals surface area (Å²) >= 11 is 0. The molecule has 0 aliphatic carbocycles. The van der Waals surface area contributed by atoms with E-state index < -0.39 is 11.7 Å². The number of carbonyl (C=O) groups excluding carboxylic acids is 2. The Labute approximate surface area is 157 Å². The van der Waals surface area contributed by atoms with Crippen molar-refractivity contribution in [2.45, 2.75) is 25.3 Å². The fourth-order valence-corrected chi connectivity index (χ4v) is 3.07. The van der Waals surface area contributed by atoms with Crippen LogP contribution in [0.2, 0.25) is 0 Å². The molecule has 2 aromatic rings. The predicted octanol–water partition coefficient (Wildman–Crippen LogP) is 3.17.